The molecule has 0 atom stereocenters. The quantitative estimate of drug-likeness (QED) is 0.170. The van der Waals surface area contributed by atoms with Crippen molar-refractivity contribution in [1.82, 2.24) is 19.9 Å². The average Bonchev–Trinajstić information content (AvgIpc) is 3.94. The van der Waals surface area contributed by atoms with Crippen LogP contribution in [0, 0.1) is 0 Å². The summed E-state index contributed by atoms with van der Waals surface area (Å²) in [6, 6.07) is 34.9. The van der Waals surface area contributed by atoms with Gasteiger partial charge in [-0.2, -0.15) is 13.2 Å². The number of carboxylic acid groups (broad SMARTS) is 1. The van der Waals surface area contributed by atoms with Gasteiger partial charge in [-0.25, -0.2) is 15.0 Å². The molecular formula is C39H23F3N4O3Zn. The maximum atomic E-state index is 10.5. The molecule has 0 saturated heterocycles. The van der Waals surface area contributed by atoms with Crippen LogP contribution in [0.2, 0.25) is 0 Å². The van der Waals surface area contributed by atoms with Crippen LogP contribution in [0.1, 0.15) is 34.6 Å². The number of hydrogen-bond acceptors (Lipinski definition) is 6. The molecule has 11 heteroatoms. The first-order valence-electron chi connectivity index (χ1n) is 15.0. The number of carboxylic acids is 1. The summed E-state index contributed by atoms with van der Waals surface area (Å²) < 4.78 is 37.7. The summed E-state index contributed by atoms with van der Waals surface area (Å²) in [6.45, 7) is 0. The molecule has 0 unspecified atom stereocenters. The zero-order chi connectivity index (χ0) is 34.0. The van der Waals surface area contributed by atoms with Gasteiger partial charge in [0, 0.05) is 17.7 Å². The predicted molar refractivity (Wildman–Crippen MR) is 181 cm³/mol. The van der Waals surface area contributed by atoms with Crippen LogP contribution in [0.5, 0.6) is 0 Å². The van der Waals surface area contributed by atoms with E-state index in [4.69, 9.17) is 34.3 Å². The van der Waals surface area contributed by atoms with Gasteiger partial charge in [0.1, 0.15) is 5.97 Å². The SMILES string of the molecule is C1=Cc2nc1oc1nc(c(-c3ccccc3)c3ccc([n-]3)c(-c3ccccc3)c3nc(c2-c2ccccc2)C=C3)C=C1.O=C([O-])C(F)(F)F.[Zn+2]. The van der Waals surface area contributed by atoms with Crippen molar-refractivity contribution in [2.24, 2.45) is 0 Å². The zero-order valence-corrected chi connectivity index (χ0v) is 29.1. The van der Waals surface area contributed by atoms with Crippen molar-refractivity contribution in [3.05, 3.63) is 138 Å². The Morgan fingerprint density at radius 2 is 0.880 bits per heavy atom. The van der Waals surface area contributed by atoms with E-state index in [2.05, 4.69) is 60.7 Å². The van der Waals surface area contributed by atoms with E-state index in [9.17, 15) is 13.2 Å². The first kappa shape index (κ1) is 34.0. The Morgan fingerprint density at radius 3 is 1.30 bits per heavy atom. The number of aliphatic carboxylic acids is 1. The van der Waals surface area contributed by atoms with E-state index in [0.29, 0.717) is 11.8 Å². The summed E-state index contributed by atoms with van der Waals surface area (Å²) >= 11 is 0. The zero-order valence-electron chi connectivity index (χ0n) is 26.1. The molecule has 5 aromatic rings. The molecular weight excluding hydrogens is 695 g/mol. The summed E-state index contributed by atoms with van der Waals surface area (Å²) in [7, 11) is 0. The van der Waals surface area contributed by atoms with E-state index in [-0.39, 0.29) is 19.5 Å². The van der Waals surface area contributed by atoms with E-state index in [1.165, 1.54) is 0 Å². The number of nitrogens with zero attached hydrogens (tertiary/aromatic N) is 4. The molecule has 50 heavy (non-hydrogen) atoms. The van der Waals surface area contributed by atoms with Gasteiger partial charge in [0.05, 0.1) is 22.8 Å². The molecule has 2 aromatic heterocycles. The maximum Gasteiger partial charge on any atom is 2.00 e. The summed E-state index contributed by atoms with van der Waals surface area (Å²) in [5, 5.41) is 8.78. The molecule has 0 aliphatic carbocycles. The van der Waals surface area contributed by atoms with Crippen molar-refractivity contribution in [2.45, 2.75) is 6.18 Å². The Labute approximate surface area is 296 Å². The van der Waals surface area contributed by atoms with Gasteiger partial charge < -0.3 is 19.3 Å². The fraction of sp³-hybridized carbons (Fsp3) is 0.0256. The van der Waals surface area contributed by atoms with Crippen molar-refractivity contribution < 1.29 is 47.0 Å². The second-order valence-electron chi connectivity index (χ2n) is 10.9. The second kappa shape index (κ2) is 14.3. The van der Waals surface area contributed by atoms with Gasteiger partial charge in [-0.05, 0) is 52.1 Å². The molecule has 8 bridgehead atoms. The van der Waals surface area contributed by atoms with Gasteiger partial charge in [-0.1, -0.05) is 103 Å². The van der Waals surface area contributed by atoms with Crippen LogP contribution in [0.15, 0.2) is 108 Å². The number of fused-ring (bicyclic) bond motifs is 8. The minimum Gasteiger partial charge on any atom is -0.657 e. The number of aromatic nitrogens is 4. The van der Waals surface area contributed by atoms with Gasteiger partial charge in [0.2, 0.25) is 11.8 Å². The van der Waals surface area contributed by atoms with Crippen LogP contribution in [-0.4, -0.2) is 27.1 Å². The molecule has 240 valence electrons. The third-order valence-corrected chi connectivity index (χ3v) is 7.67. The number of carbonyl (C=O) groups is 1. The molecule has 0 amide bonds. The molecule has 8 rings (SSSR count). The third kappa shape index (κ3) is 7.09. The molecule has 0 N–H and O–H groups in total. The van der Waals surface area contributed by atoms with Gasteiger partial charge in [0.25, 0.3) is 0 Å². The molecule has 0 spiro atoms. The molecule has 0 saturated carbocycles. The minimum absolute atomic E-state index is 0. The van der Waals surface area contributed by atoms with Gasteiger partial charge in [-0.15, -0.1) is 11.0 Å². The molecule has 7 nitrogen and oxygen atoms in total. The largest absolute Gasteiger partial charge is 2.00 e. The fourth-order valence-electron chi connectivity index (χ4n) is 5.56. The molecule has 3 aliphatic heterocycles. The fourth-order valence-corrected chi connectivity index (χ4v) is 5.56. The maximum absolute atomic E-state index is 10.5. The van der Waals surface area contributed by atoms with Crippen molar-refractivity contribution in [2.75, 3.05) is 0 Å². The van der Waals surface area contributed by atoms with E-state index in [1.54, 1.807) is 0 Å². The summed E-state index contributed by atoms with van der Waals surface area (Å²) in [4.78, 5) is 28.9. The average molecular weight is 718 g/mol. The Morgan fingerprint density at radius 1 is 0.540 bits per heavy atom. The number of rotatable bonds is 3. The molecule has 0 fully saturated rings. The molecule has 5 heterocycles. The molecule has 3 aromatic carbocycles. The van der Waals surface area contributed by atoms with E-state index < -0.39 is 12.1 Å². The van der Waals surface area contributed by atoms with Crippen LogP contribution in [0.3, 0.4) is 0 Å². The van der Waals surface area contributed by atoms with Gasteiger partial charge >= 0.3 is 25.7 Å². The second-order valence-corrected chi connectivity index (χ2v) is 10.9. The van der Waals surface area contributed by atoms with Crippen LogP contribution in [-0.2, 0) is 24.3 Å². The normalized spacial score (nSPS) is 12.1. The Bertz CT molecular complexity index is 2350. The monoisotopic (exact) mass is 716 g/mol. The Balaban J connectivity index is 0.000000492. The number of hydrogen-bond donors (Lipinski definition) is 0. The van der Waals surface area contributed by atoms with Crippen LogP contribution in [0.4, 0.5) is 13.2 Å². The summed E-state index contributed by atoms with van der Waals surface area (Å²) in [6.07, 6.45) is 6.64. The summed E-state index contributed by atoms with van der Waals surface area (Å²) in [5.74, 6) is -2.05. The number of benzene rings is 3. The van der Waals surface area contributed by atoms with Crippen molar-refractivity contribution in [3.63, 3.8) is 0 Å². The third-order valence-electron chi connectivity index (χ3n) is 7.67. The van der Waals surface area contributed by atoms with Gasteiger partial charge in [0.15, 0.2) is 0 Å². The Kier molecular flexibility index (Phi) is 9.70. The predicted octanol–water partition coefficient (Wildman–Crippen LogP) is 8.13. The number of halogens is 3. The smallest absolute Gasteiger partial charge is 0.657 e. The van der Waals surface area contributed by atoms with E-state index in [1.807, 2.05) is 78.9 Å². The first-order chi connectivity index (χ1) is 23.7. The number of alkyl halides is 3. The Hall–Kier alpha value is -5.93. The first-order valence-corrected chi connectivity index (χ1v) is 15.0. The van der Waals surface area contributed by atoms with E-state index >= 15 is 0 Å². The van der Waals surface area contributed by atoms with E-state index in [0.717, 1.165) is 67.2 Å². The standard InChI is InChI=1S/C37H23N4O.C2HF3O2.Zn/c1-4-10-24(11-5-1)35-27-16-18-29(38-27)36(25-12-6-2-7-13-25)31-20-22-33(40-31)42-34-23-21-32(41-34)37(26-14-8-3-9-15-26)30-19-17-28(35)39-30;3-2(4,5)1(6)7;/h1-23H;(H,6,7);/q-1;;+2/p-1. The topological polar surface area (TPSA) is 106 Å². The van der Waals surface area contributed by atoms with Crippen molar-refractivity contribution >= 4 is 53.5 Å². The number of carbonyl (C=O) groups excluding carboxylic acids is 1. The van der Waals surface area contributed by atoms with Crippen LogP contribution in [0.25, 0.3) is 80.9 Å². The molecule has 0 radical (unpaired) electrons. The van der Waals surface area contributed by atoms with Crippen molar-refractivity contribution in [3.8, 4) is 33.4 Å². The van der Waals surface area contributed by atoms with Crippen molar-refractivity contribution in [1.29, 1.82) is 0 Å². The van der Waals surface area contributed by atoms with Gasteiger partial charge in [-0.3, -0.25) is 0 Å². The van der Waals surface area contributed by atoms with Crippen LogP contribution >= 0.6 is 0 Å². The minimum atomic E-state index is -5.19. The van der Waals surface area contributed by atoms with Crippen LogP contribution < -0.4 is 10.1 Å². The summed E-state index contributed by atoms with van der Waals surface area (Å²) in [5.41, 5.74) is 10.9. The molecule has 3 aliphatic rings.